The summed E-state index contributed by atoms with van der Waals surface area (Å²) in [5.74, 6) is -0.365. The van der Waals surface area contributed by atoms with Crippen LogP contribution in [0.5, 0.6) is 0 Å². The molecule has 100 valence electrons. The molecule has 0 amide bonds. The minimum Gasteiger partial charge on any atom is -0.481 e. The van der Waals surface area contributed by atoms with Gasteiger partial charge in [-0.1, -0.05) is 13.8 Å². The standard InChI is InChI=1S/C11H21NO4S/c1-11(2,6-10(13)14)8-12(3)9-4-5-17(15,16)7-9/h9H,4-8H2,1-3H3,(H,13,14). The third kappa shape index (κ3) is 4.63. The van der Waals surface area contributed by atoms with Crippen molar-refractivity contribution < 1.29 is 18.3 Å². The molecule has 0 radical (unpaired) electrons. The van der Waals surface area contributed by atoms with Crippen molar-refractivity contribution in [1.29, 1.82) is 0 Å². The van der Waals surface area contributed by atoms with E-state index in [-0.39, 0.29) is 29.4 Å². The molecule has 0 bridgehead atoms. The van der Waals surface area contributed by atoms with Crippen LogP contribution < -0.4 is 0 Å². The molecule has 0 aromatic rings. The van der Waals surface area contributed by atoms with Crippen LogP contribution in [-0.4, -0.2) is 55.5 Å². The molecule has 1 atom stereocenters. The molecule has 1 N–H and O–H groups in total. The molecule has 1 fully saturated rings. The van der Waals surface area contributed by atoms with Gasteiger partial charge >= 0.3 is 5.97 Å². The van der Waals surface area contributed by atoms with Crippen LogP contribution in [-0.2, 0) is 14.6 Å². The Kier molecular flexibility index (Phi) is 4.19. The van der Waals surface area contributed by atoms with Crippen LogP contribution in [0.2, 0.25) is 0 Å². The molecular weight excluding hydrogens is 242 g/mol. The highest BCUT2D eigenvalue weighted by molar-refractivity contribution is 7.91. The molecule has 0 spiro atoms. The summed E-state index contributed by atoms with van der Waals surface area (Å²) in [6, 6.07) is 0.0352. The van der Waals surface area contributed by atoms with Gasteiger partial charge in [-0.2, -0.15) is 0 Å². The summed E-state index contributed by atoms with van der Waals surface area (Å²) >= 11 is 0. The number of hydrogen-bond donors (Lipinski definition) is 1. The first-order valence-corrected chi connectivity index (χ1v) is 7.56. The van der Waals surface area contributed by atoms with Crippen LogP contribution in [0.1, 0.15) is 26.7 Å². The summed E-state index contributed by atoms with van der Waals surface area (Å²) in [5, 5.41) is 8.80. The van der Waals surface area contributed by atoms with Gasteiger partial charge in [0.25, 0.3) is 0 Å². The molecule has 17 heavy (non-hydrogen) atoms. The number of rotatable bonds is 5. The maximum absolute atomic E-state index is 11.4. The van der Waals surface area contributed by atoms with E-state index in [1.165, 1.54) is 0 Å². The van der Waals surface area contributed by atoms with E-state index in [2.05, 4.69) is 0 Å². The highest BCUT2D eigenvalue weighted by Gasteiger charge is 2.33. The third-order valence-electron chi connectivity index (χ3n) is 3.14. The fourth-order valence-corrected chi connectivity index (χ4v) is 4.20. The van der Waals surface area contributed by atoms with Crippen LogP contribution in [0, 0.1) is 5.41 Å². The van der Waals surface area contributed by atoms with Gasteiger partial charge < -0.3 is 10.0 Å². The summed E-state index contributed by atoms with van der Waals surface area (Å²) in [6.45, 7) is 4.38. The largest absolute Gasteiger partial charge is 0.481 e. The lowest BCUT2D eigenvalue weighted by Gasteiger charge is -2.32. The number of carbonyl (C=O) groups is 1. The minimum atomic E-state index is -2.88. The van der Waals surface area contributed by atoms with E-state index in [4.69, 9.17) is 5.11 Å². The zero-order chi connectivity index (χ0) is 13.3. The van der Waals surface area contributed by atoms with E-state index in [1.807, 2.05) is 25.8 Å². The average molecular weight is 263 g/mol. The first-order valence-electron chi connectivity index (χ1n) is 5.74. The summed E-state index contributed by atoms with van der Waals surface area (Å²) in [7, 11) is -1.01. The van der Waals surface area contributed by atoms with Gasteiger partial charge in [-0.15, -0.1) is 0 Å². The van der Waals surface area contributed by atoms with Gasteiger partial charge in [0.05, 0.1) is 17.9 Å². The van der Waals surface area contributed by atoms with Crippen LogP contribution in [0.3, 0.4) is 0 Å². The summed E-state index contributed by atoms with van der Waals surface area (Å²) < 4.78 is 22.7. The first-order chi connectivity index (χ1) is 7.61. The Morgan fingerprint density at radius 2 is 2.06 bits per heavy atom. The van der Waals surface area contributed by atoms with Crippen molar-refractivity contribution in [3.05, 3.63) is 0 Å². The van der Waals surface area contributed by atoms with E-state index in [9.17, 15) is 13.2 Å². The quantitative estimate of drug-likeness (QED) is 0.786. The van der Waals surface area contributed by atoms with Crippen molar-refractivity contribution in [2.75, 3.05) is 25.1 Å². The van der Waals surface area contributed by atoms with Gasteiger partial charge in [0.2, 0.25) is 0 Å². The summed E-state index contributed by atoms with van der Waals surface area (Å²) in [4.78, 5) is 12.7. The van der Waals surface area contributed by atoms with Crippen LogP contribution in [0.25, 0.3) is 0 Å². The topological polar surface area (TPSA) is 74.7 Å². The SMILES string of the molecule is CN(CC(C)(C)CC(=O)O)C1CCS(=O)(=O)C1. The van der Waals surface area contributed by atoms with Crippen LogP contribution in [0.15, 0.2) is 0 Å². The fourth-order valence-electron chi connectivity index (χ4n) is 2.39. The molecule has 1 unspecified atom stereocenters. The monoisotopic (exact) mass is 263 g/mol. The Hall–Kier alpha value is -0.620. The Balaban J connectivity index is 2.55. The van der Waals surface area contributed by atoms with Crippen molar-refractivity contribution in [2.24, 2.45) is 5.41 Å². The molecule has 0 aromatic carbocycles. The number of nitrogens with zero attached hydrogens (tertiary/aromatic N) is 1. The highest BCUT2D eigenvalue weighted by atomic mass is 32.2. The van der Waals surface area contributed by atoms with E-state index in [0.29, 0.717) is 13.0 Å². The van der Waals surface area contributed by atoms with E-state index in [0.717, 1.165) is 0 Å². The summed E-state index contributed by atoms with van der Waals surface area (Å²) in [5.41, 5.74) is -0.340. The number of hydrogen-bond acceptors (Lipinski definition) is 4. The number of sulfone groups is 1. The lowest BCUT2D eigenvalue weighted by atomic mass is 9.88. The normalized spacial score (nSPS) is 24.1. The molecule has 1 aliphatic rings. The van der Waals surface area contributed by atoms with Crippen molar-refractivity contribution in [2.45, 2.75) is 32.7 Å². The predicted molar refractivity (Wildman–Crippen MR) is 65.7 cm³/mol. The van der Waals surface area contributed by atoms with Gasteiger partial charge in [-0.25, -0.2) is 8.42 Å². The molecule has 6 heteroatoms. The lowest BCUT2D eigenvalue weighted by Crippen LogP contribution is -2.40. The Labute approximate surface area is 103 Å². The maximum atomic E-state index is 11.4. The van der Waals surface area contributed by atoms with E-state index < -0.39 is 15.8 Å². The predicted octanol–water partition coefficient (Wildman–Crippen LogP) is 0.606. The Morgan fingerprint density at radius 3 is 2.47 bits per heavy atom. The van der Waals surface area contributed by atoms with Gasteiger partial charge in [0, 0.05) is 12.6 Å². The molecule has 1 rings (SSSR count). The van der Waals surface area contributed by atoms with E-state index >= 15 is 0 Å². The van der Waals surface area contributed by atoms with Crippen molar-refractivity contribution >= 4 is 15.8 Å². The fraction of sp³-hybridized carbons (Fsp3) is 0.909. The minimum absolute atomic E-state index is 0.0352. The molecule has 5 nitrogen and oxygen atoms in total. The Bertz CT molecular complexity index is 388. The number of carboxylic acid groups (broad SMARTS) is 1. The molecular formula is C11H21NO4S. The Morgan fingerprint density at radius 1 is 1.47 bits per heavy atom. The van der Waals surface area contributed by atoms with Gasteiger partial charge in [-0.05, 0) is 18.9 Å². The number of carboxylic acids is 1. The molecule has 1 aliphatic heterocycles. The zero-order valence-electron chi connectivity index (χ0n) is 10.6. The van der Waals surface area contributed by atoms with Crippen molar-refractivity contribution in [1.82, 2.24) is 4.90 Å². The van der Waals surface area contributed by atoms with Crippen molar-refractivity contribution in [3.63, 3.8) is 0 Å². The smallest absolute Gasteiger partial charge is 0.303 e. The average Bonchev–Trinajstić information content (AvgIpc) is 2.42. The van der Waals surface area contributed by atoms with Gasteiger partial charge in [0.1, 0.15) is 0 Å². The maximum Gasteiger partial charge on any atom is 0.303 e. The van der Waals surface area contributed by atoms with Crippen molar-refractivity contribution in [3.8, 4) is 0 Å². The first kappa shape index (κ1) is 14.4. The second-order valence-electron chi connectivity index (χ2n) is 5.71. The van der Waals surface area contributed by atoms with Gasteiger partial charge in [-0.3, -0.25) is 4.79 Å². The molecule has 0 aromatic heterocycles. The molecule has 1 saturated heterocycles. The molecule has 0 saturated carbocycles. The van der Waals surface area contributed by atoms with Crippen LogP contribution >= 0.6 is 0 Å². The van der Waals surface area contributed by atoms with Crippen LogP contribution in [0.4, 0.5) is 0 Å². The zero-order valence-corrected chi connectivity index (χ0v) is 11.5. The highest BCUT2D eigenvalue weighted by Crippen LogP contribution is 2.25. The molecule has 0 aliphatic carbocycles. The summed E-state index contributed by atoms with van der Waals surface area (Å²) in [6.07, 6.45) is 0.749. The second-order valence-corrected chi connectivity index (χ2v) is 7.94. The third-order valence-corrected chi connectivity index (χ3v) is 4.89. The van der Waals surface area contributed by atoms with E-state index in [1.54, 1.807) is 0 Å². The second kappa shape index (κ2) is 4.94. The van der Waals surface area contributed by atoms with Gasteiger partial charge in [0.15, 0.2) is 9.84 Å². The number of aliphatic carboxylic acids is 1. The lowest BCUT2D eigenvalue weighted by molar-refractivity contribution is -0.139. The molecule has 1 heterocycles.